The van der Waals surface area contributed by atoms with Gasteiger partial charge in [0.25, 0.3) is 10.2 Å². The largest absolute Gasteiger partial charge is 0.491 e. The SMILES string of the molecule is C[C@@H](COc1ccccc1)NC(=O)C1CCN(S(=O)(=O)N(C)C)CC1. The first kappa shape index (κ1) is 19.7. The molecule has 1 amide bonds. The number of nitrogens with one attached hydrogen (secondary N) is 1. The molecule has 2 rings (SSSR count). The van der Waals surface area contributed by atoms with Gasteiger partial charge in [0.2, 0.25) is 5.91 Å². The summed E-state index contributed by atoms with van der Waals surface area (Å²) in [5, 5.41) is 2.95. The smallest absolute Gasteiger partial charge is 0.281 e. The van der Waals surface area contributed by atoms with Crippen LogP contribution in [0.15, 0.2) is 30.3 Å². The lowest BCUT2D eigenvalue weighted by atomic mass is 9.97. The van der Waals surface area contributed by atoms with Crippen molar-refractivity contribution in [3.8, 4) is 5.75 Å². The summed E-state index contributed by atoms with van der Waals surface area (Å²) in [5.74, 6) is 0.574. The van der Waals surface area contributed by atoms with E-state index in [1.165, 1.54) is 22.7 Å². The number of para-hydroxylation sites is 1. The lowest BCUT2D eigenvalue weighted by Gasteiger charge is -2.32. The number of carbonyl (C=O) groups is 1. The fourth-order valence-corrected chi connectivity index (χ4v) is 3.85. The molecule has 1 aromatic carbocycles. The normalized spacial score (nSPS) is 18.1. The van der Waals surface area contributed by atoms with Gasteiger partial charge in [-0.25, -0.2) is 0 Å². The highest BCUT2D eigenvalue weighted by Gasteiger charge is 2.32. The zero-order chi connectivity index (χ0) is 18.4. The van der Waals surface area contributed by atoms with Crippen LogP contribution in [0.25, 0.3) is 0 Å². The molecule has 0 saturated carbocycles. The summed E-state index contributed by atoms with van der Waals surface area (Å²) in [6, 6.07) is 9.34. The zero-order valence-electron chi connectivity index (χ0n) is 15.0. The predicted molar refractivity (Wildman–Crippen MR) is 96.4 cm³/mol. The van der Waals surface area contributed by atoms with Gasteiger partial charge < -0.3 is 10.1 Å². The molecule has 0 radical (unpaired) electrons. The Labute approximate surface area is 150 Å². The van der Waals surface area contributed by atoms with Gasteiger partial charge in [-0.3, -0.25) is 4.79 Å². The van der Waals surface area contributed by atoms with Crippen LogP contribution in [-0.4, -0.2) is 62.8 Å². The maximum Gasteiger partial charge on any atom is 0.281 e. The number of hydrogen-bond acceptors (Lipinski definition) is 4. The molecular formula is C17H27N3O4S. The van der Waals surface area contributed by atoms with Gasteiger partial charge in [-0.05, 0) is 31.9 Å². The quantitative estimate of drug-likeness (QED) is 0.780. The van der Waals surface area contributed by atoms with E-state index in [0.29, 0.717) is 32.5 Å². The van der Waals surface area contributed by atoms with Crippen molar-refractivity contribution in [2.45, 2.75) is 25.8 Å². The van der Waals surface area contributed by atoms with Crippen LogP contribution in [0.1, 0.15) is 19.8 Å². The Bertz CT molecular complexity index is 656. The molecule has 1 atom stereocenters. The molecule has 1 aromatic rings. The van der Waals surface area contributed by atoms with E-state index in [0.717, 1.165) is 5.75 Å². The van der Waals surface area contributed by atoms with Gasteiger partial charge in [0.15, 0.2) is 0 Å². The van der Waals surface area contributed by atoms with Crippen molar-refractivity contribution >= 4 is 16.1 Å². The zero-order valence-corrected chi connectivity index (χ0v) is 15.8. The number of piperidine rings is 1. The molecule has 1 saturated heterocycles. The average Bonchev–Trinajstić information content (AvgIpc) is 2.60. The Kier molecular flexibility index (Phi) is 6.80. The van der Waals surface area contributed by atoms with Gasteiger partial charge in [-0.1, -0.05) is 18.2 Å². The predicted octanol–water partition coefficient (Wildman–Crippen LogP) is 1.09. The third kappa shape index (κ3) is 5.42. The molecule has 0 spiro atoms. The summed E-state index contributed by atoms with van der Waals surface area (Å²) in [5.41, 5.74) is 0. The molecule has 0 unspecified atom stereocenters. The molecule has 0 aliphatic carbocycles. The number of nitrogens with zero attached hydrogens (tertiary/aromatic N) is 2. The number of benzene rings is 1. The molecule has 1 aliphatic heterocycles. The topological polar surface area (TPSA) is 79.0 Å². The van der Waals surface area contributed by atoms with Gasteiger partial charge in [0, 0.05) is 33.1 Å². The van der Waals surface area contributed by atoms with Crippen LogP contribution in [0.4, 0.5) is 0 Å². The number of carbonyl (C=O) groups excluding carboxylic acids is 1. The maximum atomic E-state index is 12.4. The lowest BCUT2D eigenvalue weighted by molar-refractivity contribution is -0.126. The molecule has 25 heavy (non-hydrogen) atoms. The molecule has 1 aliphatic rings. The van der Waals surface area contributed by atoms with Gasteiger partial charge in [0.1, 0.15) is 12.4 Å². The summed E-state index contributed by atoms with van der Waals surface area (Å²) in [6.45, 7) is 3.02. The second kappa shape index (κ2) is 8.64. The lowest BCUT2D eigenvalue weighted by Crippen LogP contribution is -2.48. The maximum absolute atomic E-state index is 12.4. The number of rotatable bonds is 7. The Morgan fingerprint density at radius 1 is 1.28 bits per heavy atom. The summed E-state index contributed by atoms with van der Waals surface area (Å²) in [4.78, 5) is 12.4. The monoisotopic (exact) mass is 369 g/mol. The van der Waals surface area contributed by atoms with Crippen LogP contribution in [0.2, 0.25) is 0 Å². The molecule has 7 nitrogen and oxygen atoms in total. The minimum Gasteiger partial charge on any atom is -0.491 e. The molecule has 0 bridgehead atoms. The van der Waals surface area contributed by atoms with Crippen LogP contribution in [-0.2, 0) is 15.0 Å². The second-order valence-electron chi connectivity index (χ2n) is 6.50. The molecule has 1 fully saturated rings. The highest BCUT2D eigenvalue weighted by atomic mass is 32.2. The first-order chi connectivity index (χ1) is 11.8. The highest BCUT2D eigenvalue weighted by molar-refractivity contribution is 7.86. The first-order valence-corrected chi connectivity index (χ1v) is 9.86. The molecule has 1 heterocycles. The summed E-state index contributed by atoms with van der Waals surface area (Å²) >= 11 is 0. The first-order valence-electron chi connectivity index (χ1n) is 8.46. The van der Waals surface area contributed by atoms with Crippen molar-refractivity contribution in [1.29, 1.82) is 0 Å². The van der Waals surface area contributed by atoms with Crippen molar-refractivity contribution in [3.05, 3.63) is 30.3 Å². The van der Waals surface area contributed by atoms with Gasteiger partial charge in [-0.2, -0.15) is 17.0 Å². The second-order valence-corrected chi connectivity index (χ2v) is 8.64. The fourth-order valence-electron chi connectivity index (χ4n) is 2.72. The van der Waals surface area contributed by atoms with Crippen molar-refractivity contribution in [3.63, 3.8) is 0 Å². The Hall–Kier alpha value is -1.64. The minimum absolute atomic E-state index is 0.0361. The Morgan fingerprint density at radius 3 is 2.44 bits per heavy atom. The molecule has 8 heteroatoms. The van der Waals surface area contributed by atoms with Crippen LogP contribution in [0.5, 0.6) is 5.75 Å². The van der Waals surface area contributed by atoms with E-state index in [1.807, 2.05) is 37.3 Å². The van der Waals surface area contributed by atoms with E-state index >= 15 is 0 Å². The third-order valence-electron chi connectivity index (χ3n) is 4.24. The van der Waals surface area contributed by atoms with Crippen molar-refractivity contribution < 1.29 is 17.9 Å². The van der Waals surface area contributed by atoms with E-state index in [4.69, 9.17) is 4.74 Å². The van der Waals surface area contributed by atoms with Gasteiger partial charge in [-0.15, -0.1) is 0 Å². The molecule has 0 aromatic heterocycles. The van der Waals surface area contributed by atoms with E-state index in [-0.39, 0.29) is 17.9 Å². The third-order valence-corrected chi connectivity index (χ3v) is 6.18. The number of hydrogen-bond donors (Lipinski definition) is 1. The van der Waals surface area contributed by atoms with Crippen molar-refractivity contribution in [2.75, 3.05) is 33.8 Å². The van der Waals surface area contributed by atoms with Crippen LogP contribution < -0.4 is 10.1 Å². The van der Waals surface area contributed by atoms with E-state index < -0.39 is 10.2 Å². The summed E-state index contributed by atoms with van der Waals surface area (Å²) in [6.07, 6.45) is 1.07. The van der Waals surface area contributed by atoms with Crippen molar-refractivity contribution in [2.24, 2.45) is 5.92 Å². The summed E-state index contributed by atoms with van der Waals surface area (Å²) in [7, 11) is -0.364. The fraction of sp³-hybridized carbons (Fsp3) is 0.588. The van der Waals surface area contributed by atoms with Crippen LogP contribution in [0, 0.1) is 5.92 Å². The summed E-state index contributed by atoms with van der Waals surface area (Å²) < 4.78 is 32.5. The van der Waals surface area contributed by atoms with E-state index in [1.54, 1.807) is 0 Å². The molecule has 140 valence electrons. The Morgan fingerprint density at radius 2 is 1.88 bits per heavy atom. The van der Waals surface area contributed by atoms with E-state index in [9.17, 15) is 13.2 Å². The van der Waals surface area contributed by atoms with Crippen LogP contribution >= 0.6 is 0 Å². The van der Waals surface area contributed by atoms with Gasteiger partial charge in [0.05, 0.1) is 6.04 Å². The molecular weight excluding hydrogens is 342 g/mol. The highest BCUT2D eigenvalue weighted by Crippen LogP contribution is 2.21. The van der Waals surface area contributed by atoms with Crippen LogP contribution in [0.3, 0.4) is 0 Å². The van der Waals surface area contributed by atoms with Gasteiger partial charge >= 0.3 is 0 Å². The Balaban J connectivity index is 1.76. The number of ether oxygens (including phenoxy) is 1. The van der Waals surface area contributed by atoms with Crippen molar-refractivity contribution in [1.82, 2.24) is 13.9 Å². The molecule has 1 N–H and O–H groups in total. The average molecular weight is 369 g/mol. The number of amides is 1. The standard InChI is InChI=1S/C17H27N3O4S/c1-14(13-24-16-7-5-4-6-8-16)18-17(21)15-9-11-20(12-10-15)25(22,23)19(2)3/h4-8,14-15H,9-13H2,1-3H3,(H,18,21)/t14-/m0/s1. The van der Waals surface area contributed by atoms with E-state index in [2.05, 4.69) is 5.32 Å². The minimum atomic E-state index is -3.40.